The number of hydrogen-bond donors (Lipinski definition) is 0. The molecule has 6 nitrogen and oxygen atoms in total. The molecule has 0 N–H and O–H groups in total. The lowest BCUT2D eigenvalue weighted by Crippen LogP contribution is -2.32. The molecule has 0 heterocycles. The van der Waals surface area contributed by atoms with Crippen molar-refractivity contribution in [1.82, 2.24) is 0 Å². The molecule has 40 heavy (non-hydrogen) atoms. The van der Waals surface area contributed by atoms with Crippen LogP contribution in [-0.2, 0) is 20.0 Å². The fourth-order valence-electron chi connectivity index (χ4n) is 4.50. The first-order valence-corrected chi connectivity index (χ1v) is 16.4. The Bertz CT molecular complexity index is 1450. The molecule has 0 fully saturated rings. The van der Waals surface area contributed by atoms with Crippen LogP contribution in [0.25, 0.3) is 0 Å². The minimum absolute atomic E-state index is 0.266. The molecule has 0 aliphatic rings. The molecule has 0 aliphatic heterocycles. The minimum atomic E-state index is -3.72. The maximum atomic E-state index is 13.5. The van der Waals surface area contributed by atoms with E-state index in [4.69, 9.17) is 0 Å². The highest BCUT2D eigenvalue weighted by Crippen LogP contribution is 2.26. The monoisotopic (exact) mass is 576 g/mol. The van der Waals surface area contributed by atoms with Gasteiger partial charge in [0.05, 0.1) is 21.2 Å². The lowest BCUT2D eigenvalue weighted by atomic mass is 10.2. The van der Waals surface area contributed by atoms with E-state index < -0.39 is 20.0 Å². The predicted molar refractivity (Wildman–Crippen MR) is 163 cm³/mol. The molecule has 0 saturated heterocycles. The van der Waals surface area contributed by atoms with Gasteiger partial charge in [-0.2, -0.15) is 0 Å². The van der Waals surface area contributed by atoms with Crippen LogP contribution in [0.4, 0.5) is 11.4 Å². The molecule has 0 unspecified atom stereocenters. The molecule has 8 heteroatoms. The van der Waals surface area contributed by atoms with Gasteiger partial charge >= 0.3 is 0 Å². The molecule has 0 saturated carbocycles. The Morgan fingerprint density at radius 3 is 1.10 bits per heavy atom. The summed E-state index contributed by atoms with van der Waals surface area (Å²) in [5.74, 6) is 0. The fourth-order valence-corrected chi connectivity index (χ4v) is 7.51. The second kappa shape index (κ2) is 13.2. The SMILES string of the molecule is Cc1ccc(S(=O)(=O)N(CCCCCCN(c2ccccc2)S(=O)(=O)c2ccc(C)cc2)c2ccccc2)cc1. The third-order valence-electron chi connectivity index (χ3n) is 6.78. The smallest absolute Gasteiger partial charge is 0.264 e. The lowest BCUT2D eigenvalue weighted by molar-refractivity contribution is 0.578. The van der Waals surface area contributed by atoms with Gasteiger partial charge in [-0.3, -0.25) is 8.61 Å². The van der Waals surface area contributed by atoms with Crippen LogP contribution in [0.1, 0.15) is 36.8 Å². The summed E-state index contributed by atoms with van der Waals surface area (Å²) >= 11 is 0. The maximum absolute atomic E-state index is 13.5. The summed E-state index contributed by atoms with van der Waals surface area (Å²) in [4.78, 5) is 0.531. The Morgan fingerprint density at radius 1 is 0.450 bits per heavy atom. The maximum Gasteiger partial charge on any atom is 0.264 e. The number of benzene rings is 4. The van der Waals surface area contributed by atoms with Crippen molar-refractivity contribution in [1.29, 1.82) is 0 Å². The third-order valence-corrected chi connectivity index (χ3v) is 10.5. The third kappa shape index (κ3) is 7.11. The van der Waals surface area contributed by atoms with Crippen molar-refractivity contribution >= 4 is 31.4 Å². The van der Waals surface area contributed by atoms with E-state index in [-0.39, 0.29) is 9.79 Å². The number of unbranched alkanes of at least 4 members (excludes halogenated alkanes) is 3. The van der Waals surface area contributed by atoms with Crippen LogP contribution in [0.2, 0.25) is 0 Å². The highest BCUT2D eigenvalue weighted by atomic mass is 32.2. The van der Waals surface area contributed by atoms with E-state index in [1.807, 2.05) is 50.2 Å². The Morgan fingerprint density at radius 2 is 0.775 bits per heavy atom. The molecule has 210 valence electrons. The number of rotatable bonds is 13. The summed E-state index contributed by atoms with van der Waals surface area (Å²) in [5, 5.41) is 0. The van der Waals surface area contributed by atoms with Gasteiger partial charge in [0.15, 0.2) is 0 Å². The van der Waals surface area contributed by atoms with Gasteiger partial charge in [0.2, 0.25) is 0 Å². The first-order chi connectivity index (χ1) is 19.2. The average Bonchev–Trinajstić information content (AvgIpc) is 2.95. The summed E-state index contributed by atoms with van der Waals surface area (Å²) in [6, 6.07) is 32.1. The van der Waals surface area contributed by atoms with Crippen LogP contribution in [-0.4, -0.2) is 29.9 Å². The van der Waals surface area contributed by atoms with E-state index in [1.165, 1.54) is 8.61 Å². The van der Waals surface area contributed by atoms with E-state index >= 15 is 0 Å². The van der Waals surface area contributed by atoms with Crippen molar-refractivity contribution in [2.45, 2.75) is 49.3 Å². The quantitative estimate of drug-likeness (QED) is 0.161. The predicted octanol–water partition coefficient (Wildman–Crippen LogP) is 6.95. The van der Waals surface area contributed by atoms with Gasteiger partial charge in [0.1, 0.15) is 0 Å². The van der Waals surface area contributed by atoms with Gasteiger partial charge in [-0.15, -0.1) is 0 Å². The van der Waals surface area contributed by atoms with Gasteiger partial charge in [-0.1, -0.05) is 84.6 Å². The topological polar surface area (TPSA) is 74.8 Å². The Hall–Kier alpha value is -3.62. The normalized spacial score (nSPS) is 11.8. The van der Waals surface area contributed by atoms with Crippen molar-refractivity contribution in [2.24, 2.45) is 0 Å². The zero-order valence-corrected chi connectivity index (χ0v) is 24.6. The Kier molecular flexibility index (Phi) is 9.66. The molecule has 4 aromatic carbocycles. The highest BCUT2D eigenvalue weighted by molar-refractivity contribution is 7.93. The number of nitrogens with zero attached hydrogens (tertiary/aromatic N) is 2. The molecule has 0 amide bonds. The van der Waals surface area contributed by atoms with Crippen molar-refractivity contribution in [3.63, 3.8) is 0 Å². The molecule has 0 bridgehead atoms. The zero-order valence-electron chi connectivity index (χ0n) is 23.0. The molecule has 0 radical (unpaired) electrons. The Labute approximate surface area is 239 Å². The number of aryl methyl sites for hydroxylation is 2. The Balaban J connectivity index is 1.41. The number of hydrogen-bond acceptors (Lipinski definition) is 4. The van der Waals surface area contributed by atoms with Crippen molar-refractivity contribution in [3.8, 4) is 0 Å². The summed E-state index contributed by atoms with van der Waals surface area (Å²) in [6.45, 7) is 4.53. The molecule has 0 spiro atoms. The summed E-state index contributed by atoms with van der Waals surface area (Å²) in [6.07, 6.45) is 2.83. The van der Waals surface area contributed by atoms with Gasteiger partial charge in [0, 0.05) is 13.1 Å². The van der Waals surface area contributed by atoms with Gasteiger partial charge in [0.25, 0.3) is 20.0 Å². The molecular weight excluding hydrogens is 540 g/mol. The summed E-state index contributed by atoms with van der Waals surface area (Å²) in [5.41, 5.74) is 3.25. The van der Waals surface area contributed by atoms with E-state index in [1.54, 1.807) is 72.8 Å². The summed E-state index contributed by atoms with van der Waals surface area (Å²) < 4.78 is 57.1. The van der Waals surface area contributed by atoms with E-state index in [2.05, 4.69) is 0 Å². The van der Waals surface area contributed by atoms with Crippen LogP contribution in [0.3, 0.4) is 0 Å². The van der Waals surface area contributed by atoms with Crippen LogP contribution >= 0.6 is 0 Å². The van der Waals surface area contributed by atoms with Crippen LogP contribution in [0.5, 0.6) is 0 Å². The largest absolute Gasteiger partial charge is 0.266 e. The number of anilines is 2. The van der Waals surface area contributed by atoms with Crippen LogP contribution < -0.4 is 8.61 Å². The number of sulfonamides is 2. The minimum Gasteiger partial charge on any atom is -0.266 e. The molecule has 4 rings (SSSR count). The standard InChI is InChI=1S/C32H36N2O4S2/c1-27-17-21-31(22-18-27)39(35,36)33(29-13-7-5-8-14-29)25-11-3-4-12-26-34(30-15-9-6-10-16-30)40(37,38)32-23-19-28(2)20-24-32/h5-10,13-24H,3-4,11-12,25-26H2,1-2H3. The van der Waals surface area contributed by atoms with Crippen molar-refractivity contribution < 1.29 is 16.8 Å². The fraction of sp³-hybridized carbons (Fsp3) is 0.250. The first kappa shape index (κ1) is 29.4. The summed E-state index contributed by atoms with van der Waals surface area (Å²) in [7, 11) is -7.44. The second-order valence-electron chi connectivity index (χ2n) is 9.87. The van der Waals surface area contributed by atoms with Crippen LogP contribution in [0, 0.1) is 13.8 Å². The molecule has 0 aliphatic carbocycles. The molecule has 0 aromatic heterocycles. The van der Waals surface area contributed by atoms with Crippen molar-refractivity contribution in [2.75, 3.05) is 21.7 Å². The average molecular weight is 577 g/mol. The van der Waals surface area contributed by atoms with Gasteiger partial charge < -0.3 is 0 Å². The zero-order chi connectivity index (χ0) is 28.6. The molecular formula is C32H36N2O4S2. The van der Waals surface area contributed by atoms with E-state index in [0.717, 1.165) is 24.0 Å². The van der Waals surface area contributed by atoms with Crippen LogP contribution in [0.15, 0.2) is 119 Å². The highest BCUT2D eigenvalue weighted by Gasteiger charge is 2.26. The molecule has 4 aromatic rings. The van der Waals surface area contributed by atoms with Crippen molar-refractivity contribution in [3.05, 3.63) is 120 Å². The van der Waals surface area contributed by atoms with E-state index in [0.29, 0.717) is 37.3 Å². The first-order valence-electron chi connectivity index (χ1n) is 13.5. The van der Waals surface area contributed by atoms with Gasteiger partial charge in [-0.25, -0.2) is 16.8 Å². The molecule has 0 atom stereocenters. The van der Waals surface area contributed by atoms with E-state index in [9.17, 15) is 16.8 Å². The number of para-hydroxylation sites is 2. The lowest BCUT2D eigenvalue weighted by Gasteiger charge is -2.25. The van der Waals surface area contributed by atoms with Gasteiger partial charge in [-0.05, 0) is 75.2 Å². The second-order valence-corrected chi connectivity index (χ2v) is 13.6.